The Morgan fingerprint density at radius 2 is 2.00 bits per heavy atom. The largest absolute Gasteiger partial charge is 0.465 e. The number of benzene rings is 2. The number of esters is 1. The zero-order valence-corrected chi connectivity index (χ0v) is 14.2. The molecule has 0 aromatic heterocycles. The van der Waals surface area contributed by atoms with Crippen LogP contribution in [-0.2, 0) is 11.3 Å². The van der Waals surface area contributed by atoms with Gasteiger partial charge in [-0.3, -0.25) is 0 Å². The quantitative estimate of drug-likeness (QED) is 0.735. The molecule has 0 spiro atoms. The first-order valence-corrected chi connectivity index (χ1v) is 7.62. The smallest absolute Gasteiger partial charge is 0.340 e. The zero-order chi connectivity index (χ0) is 15.4. The molecule has 0 atom stereocenters. The van der Waals surface area contributed by atoms with Crippen molar-refractivity contribution in [3.8, 4) is 0 Å². The molecule has 0 heterocycles. The van der Waals surface area contributed by atoms with Crippen molar-refractivity contribution in [2.75, 3.05) is 12.4 Å². The number of anilines is 1. The number of methoxy groups -OCH3 is 1. The Kier molecular flexibility index (Phi) is 5.51. The second-order valence-electron chi connectivity index (χ2n) is 4.28. The fraction of sp³-hybridized carbons (Fsp3) is 0.133. The average Bonchev–Trinajstić information content (AvgIpc) is 2.48. The Balaban J connectivity index is 2.19. The summed E-state index contributed by atoms with van der Waals surface area (Å²) in [7, 11) is 1.33. The number of nitrogens with one attached hydrogen (secondary N) is 1. The third kappa shape index (κ3) is 4.13. The molecule has 2 rings (SSSR count). The van der Waals surface area contributed by atoms with Crippen LogP contribution in [0, 0.1) is 0 Å². The van der Waals surface area contributed by atoms with E-state index in [0.29, 0.717) is 27.8 Å². The predicted octanol–water partition coefficient (Wildman–Crippen LogP) is 5.15. The molecular formula is C15H12BrCl2NO2. The van der Waals surface area contributed by atoms with Crippen LogP contribution in [0.15, 0.2) is 40.9 Å². The van der Waals surface area contributed by atoms with Crippen molar-refractivity contribution in [1.29, 1.82) is 0 Å². The van der Waals surface area contributed by atoms with Gasteiger partial charge in [-0.25, -0.2) is 4.79 Å². The summed E-state index contributed by atoms with van der Waals surface area (Å²) in [6, 6.07) is 10.7. The number of hydrogen-bond donors (Lipinski definition) is 1. The van der Waals surface area contributed by atoms with E-state index >= 15 is 0 Å². The second-order valence-corrected chi connectivity index (χ2v) is 5.98. The second kappa shape index (κ2) is 7.16. The molecule has 0 radical (unpaired) electrons. The van der Waals surface area contributed by atoms with Crippen molar-refractivity contribution in [3.05, 3.63) is 62.0 Å². The Morgan fingerprint density at radius 3 is 2.67 bits per heavy atom. The lowest BCUT2D eigenvalue weighted by molar-refractivity contribution is 0.0602. The summed E-state index contributed by atoms with van der Waals surface area (Å²) in [4.78, 5) is 11.7. The first kappa shape index (κ1) is 16.1. The Bertz CT molecular complexity index is 677. The molecule has 110 valence electrons. The van der Waals surface area contributed by atoms with Crippen molar-refractivity contribution in [1.82, 2.24) is 0 Å². The molecule has 21 heavy (non-hydrogen) atoms. The van der Waals surface area contributed by atoms with Gasteiger partial charge >= 0.3 is 5.97 Å². The van der Waals surface area contributed by atoms with Gasteiger partial charge in [0.05, 0.1) is 17.7 Å². The highest BCUT2D eigenvalue weighted by atomic mass is 79.9. The molecule has 0 saturated carbocycles. The molecule has 2 aromatic carbocycles. The van der Waals surface area contributed by atoms with Crippen LogP contribution >= 0.6 is 39.1 Å². The molecule has 0 amide bonds. The van der Waals surface area contributed by atoms with E-state index in [1.54, 1.807) is 18.2 Å². The lowest BCUT2D eigenvalue weighted by Gasteiger charge is -2.11. The first-order chi connectivity index (χ1) is 10.0. The van der Waals surface area contributed by atoms with Gasteiger partial charge in [-0.2, -0.15) is 0 Å². The summed E-state index contributed by atoms with van der Waals surface area (Å²) in [5, 5.41) is 4.30. The molecule has 3 nitrogen and oxygen atoms in total. The summed E-state index contributed by atoms with van der Waals surface area (Å²) < 4.78 is 5.60. The molecule has 1 N–H and O–H groups in total. The molecule has 0 aliphatic rings. The van der Waals surface area contributed by atoms with Gasteiger partial charge in [0.2, 0.25) is 0 Å². The van der Waals surface area contributed by atoms with E-state index in [0.717, 1.165) is 10.0 Å². The van der Waals surface area contributed by atoms with Crippen LogP contribution in [0.25, 0.3) is 0 Å². The Labute approximate surface area is 141 Å². The van der Waals surface area contributed by atoms with Crippen molar-refractivity contribution in [2.24, 2.45) is 0 Å². The van der Waals surface area contributed by atoms with Crippen LogP contribution < -0.4 is 5.32 Å². The molecule has 6 heteroatoms. The molecular weight excluding hydrogens is 377 g/mol. The van der Waals surface area contributed by atoms with Crippen molar-refractivity contribution >= 4 is 50.8 Å². The highest BCUT2D eigenvalue weighted by Crippen LogP contribution is 2.25. The minimum absolute atomic E-state index is 0.396. The summed E-state index contributed by atoms with van der Waals surface area (Å²) in [6.45, 7) is 0.526. The van der Waals surface area contributed by atoms with E-state index in [4.69, 9.17) is 27.9 Å². The number of carbonyl (C=O) groups is 1. The standard InChI is InChI=1S/C15H12BrCl2NO2/c1-21-15(20)11-7-10(17)3-5-14(11)19-8-9-2-4-12(16)13(18)6-9/h2-7,19H,8H2,1H3. The normalized spacial score (nSPS) is 10.3. The number of hydrogen-bond acceptors (Lipinski definition) is 3. The van der Waals surface area contributed by atoms with Crippen molar-refractivity contribution < 1.29 is 9.53 Å². The number of halogens is 3. The van der Waals surface area contributed by atoms with E-state index in [-0.39, 0.29) is 0 Å². The molecule has 0 unspecified atom stereocenters. The summed E-state index contributed by atoms with van der Waals surface area (Å²) in [6.07, 6.45) is 0. The molecule has 0 fully saturated rings. The van der Waals surface area contributed by atoms with E-state index < -0.39 is 5.97 Å². The van der Waals surface area contributed by atoms with Gasteiger partial charge in [-0.05, 0) is 51.8 Å². The molecule has 0 aliphatic heterocycles. The van der Waals surface area contributed by atoms with E-state index in [1.165, 1.54) is 7.11 Å². The van der Waals surface area contributed by atoms with Gasteiger partial charge in [-0.15, -0.1) is 0 Å². The van der Waals surface area contributed by atoms with Gasteiger partial charge in [0, 0.05) is 21.7 Å². The Morgan fingerprint density at radius 1 is 1.24 bits per heavy atom. The number of ether oxygens (including phenoxy) is 1. The van der Waals surface area contributed by atoms with Crippen LogP contribution in [0.3, 0.4) is 0 Å². The minimum atomic E-state index is -0.436. The van der Waals surface area contributed by atoms with E-state index in [9.17, 15) is 4.79 Å². The van der Waals surface area contributed by atoms with Gasteiger partial charge in [0.1, 0.15) is 0 Å². The fourth-order valence-corrected chi connectivity index (χ4v) is 2.42. The van der Waals surface area contributed by atoms with Crippen LogP contribution in [0.4, 0.5) is 5.69 Å². The molecule has 0 bridgehead atoms. The van der Waals surface area contributed by atoms with Crippen molar-refractivity contribution in [2.45, 2.75) is 6.54 Å². The summed E-state index contributed by atoms with van der Waals surface area (Å²) >= 11 is 15.3. The monoisotopic (exact) mass is 387 g/mol. The molecule has 0 saturated heterocycles. The van der Waals surface area contributed by atoms with Crippen LogP contribution in [0.5, 0.6) is 0 Å². The first-order valence-electron chi connectivity index (χ1n) is 6.07. The SMILES string of the molecule is COC(=O)c1cc(Cl)ccc1NCc1ccc(Br)c(Cl)c1. The highest BCUT2D eigenvalue weighted by molar-refractivity contribution is 9.10. The zero-order valence-electron chi connectivity index (χ0n) is 11.1. The number of carbonyl (C=O) groups excluding carboxylic acids is 1. The fourth-order valence-electron chi connectivity index (χ4n) is 1.80. The minimum Gasteiger partial charge on any atom is -0.465 e. The molecule has 2 aromatic rings. The topological polar surface area (TPSA) is 38.3 Å². The van der Waals surface area contributed by atoms with Gasteiger partial charge in [0.15, 0.2) is 0 Å². The maximum absolute atomic E-state index is 11.7. The van der Waals surface area contributed by atoms with Gasteiger partial charge in [0.25, 0.3) is 0 Å². The number of rotatable bonds is 4. The molecule has 0 aliphatic carbocycles. The van der Waals surface area contributed by atoms with Crippen LogP contribution in [0.2, 0.25) is 10.0 Å². The summed E-state index contributed by atoms with van der Waals surface area (Å²) in [5.41, 5.74) is 2.05. The maximum Gasteiger partial charge on any atom is 0.340 e. The third-order valence-corrected chi connectivity index (χ3v) is 4.32. The third-order valence-electron chi connectivity index (χ3n) is 2.85. The van der Waals surface area contributed by atoms with Gasteiger partial charge in [-0.1, -0.05) is 29.3 Å². The van der Waals surface area contributed by atoms with Crippen LogP contribution in [0.1, 0.15) is 15.9 Å². The van der Waals surface area contributed by atoms with Crippen molar-refractivity contribution in [3.63, 3.8) is 0 Å². The lowest BCUT2D eigenvalue weighted by Crippen LogP contribution is -2.08. The van der Waals surface area contributed by atoms with Gasteiger partial charge < -0.3 is 10.1 Å². The Hall–Kier alpha value is -1.23. The average molecular weight is 389 g/mol. The van der Waals surface area contributed by atoms with E-state index in [2.05, 4.69) is 21.2 Å². The highest BCUT2D eigenvalue weighted by Gasteiger charge is 2.12. The predicted molar refractivity (Wildman–Crippen MR) is 89.3 cm³/mol. The van der Waals surface area contributed by atoms with Crippen LogP contribution in [-0.4, -0.2) is 13.1 Å². The maximum atomic E-state index is 11.7. The van der Waals surface area contributed by atoms with E-state index in [1.807, 2.05) is 18.2 Å². The summed E-state index contributed by atoms with van der Waals surface area (Å²) in [5.74, 6) is -0.436. The lowest BCUT2D eigenvalue weighted by atomic mass is 10.1.